The SMILES string of the molecule is CCCOCC(C)(C)CC(=O)NCCOC(C)C. The van der Waals surface area contributed by atoms with Crippen LogP contribution in [-0.4, -0.2) is 38.4 Å². The smallest absolute Gasteiger partial charge is 0.220 e. The molecular formula is C14H29NO3. The molecule has 0 spiro atoms. The van der Waals surface area contributed by atoms with Gasteiger partial charge in [0.1, 0.15) is 0 Å². The molecule has 0 fully saturated rings. The maximum absolute atomic E-state index is 11.7. The van der Waals surface area contributed by atoms with E-state index in [2.05, 4.69) is 12.2 Å². The van der Waals surface area contributed by atoms with Gasteiger partial charge in [-0.3, -0.25) is 4.79 Å². The molecule has 0 atom stereocenters. The monoisotopic (exact) mass is 259 g/mol. The topological polar surface area (TPSA) is 47.6 Å². The Kier molecular flexibility index (Phi) is 9.02. The summed E-state index contributed by atoms with van der Waals surface area (Å²) in [4.78, 5) is 11.7. The summed E-state index contributed by atoms with van der Waals surface area (Å²) in [5, 5.41) is 2.87. The highest BCUT2D eigenvalue weighted by Gasteiger charge is 2.22. The second kappa shape index (κ2) is 9.34. The van der Waals surface area contributed by atoms with Crippen LogP contribution in [0.25, 0.3) is 0 Å². The van der Waals surface area contributed by atoms with E-state index in [9.17, 15) is 4.79 Å². The average molecular weight is 259 g/mol. The summed E-state index contributed by atoms with van der Waals surface area (Å²) in [6.45, 7) is 12.7. The predicted octanol–water partition coefficient (Wildman–Crippen LogP) is 2.37. The van der Waals surface area contributed by atoms with Crippen molar-refractivity contribution in [3.05, 3.63) is 0 Å². The fourth-order valence-corrected chi connectivity index (χ4v) is 1.53. The lowest BCUT2D eigenvalue weighted by Crippen LogP contribution is -2.33. The zero-order chi connectivity index (χ0) is 14.0. The molecule has 0 rings (SSSR count). The molecule has 4 heteroatoms. The van der Waals surface area contributed by atoms with E-state index in [0.29, 0.717) is 26.2 Å². The van der Waals surface area contributed by atoms with E-state index in [0.717, 1.165) is 13.0 Å². The molecule has 0 heterocycles. The van der Waals surface area contributed by atoms with Gasteiger partial charge >= 0.3 is 0 Å². The van der Waals surface area contributed by atoms with Gasteiger partial charge in [-0.1, -0.05) is 20.8 Å². The zero-order valence-electron chi connectivity index (χ0n) is 12.5. The molecule has 108 valence electrons. The summed E-state index contributed by atoms with van der Waals surface area (Å²) in [7, 11) is 0. The summed E-state index contributed by atoms with van der Waals surface area (Å²) in [5.74, 6) is 0.0625. The number of nitrogens with one attached hydrogen (secondary N) is 1. The first-order valence-electron chi connectivity index (χ1n) is 6.83. The summed E-state index contributed by atoms with van der Waals surface area (Å²) in [6.07, 6.45) is 1.70. The number of carbonyl (C=O) groups excluding carboxylic acids is 1. The lowest BCUT2D eigenvalue weighted by molar-refractivity contribution is -0.124. The minimum Gasteiger partial charge on any atom is -0.381 e. The molecule has 0 aromatic carbocycles. The van der Waals surface area contributed by atoms with Crippen molar-refractivity contribution in [2.75, 3.05) is 26.4 Å². The van der Waals surface area contributed by atoms with Crippen LogP contribution in [-0.2, 0) is 14.3 Å². The van der Waals surface area contributed by atoms with Crippen LogP contribution < -0.4 is 5.32 Å². The highest BCUT2D eigenvalue weighted by molar-refractivity contribution is 5.76. The Morgan fingerprint density at radius 1 is 1.28 bits per heavy atom. The maximum atomic E-state index is 11.7. The van der Waals surface area contributed by atoms with E-state index in [1.165, 1.54) is 0 Å². The summed E-state index contributed by atoms with van der Waals surface area (Å²) in [6, 6.07) is 0. The Bertz CT molecular complexity index is 227. The average Bonchev–Trinajstić information content (AvgIpc) is 2.23. The van der Waals surface area contributed by atoms with Crippen LogP contribution in [0.5, 0.6) is 0 Å². The Morgan fingerprint density at radius 2 is 1.94 bits per heavy atom. The third kappa shape index (κ3) is 10.5. The Balaban J connectivity index is 3.71. The summed E-state index contributed by atoms with van der Waals surface area (Å²) < 4.78 is 10.9. The van der Waals surface area contributed by atoms with Crippen LogP contribution in [0.15, 0.2) is 0 Å². The minimum atomic E-state index is -0.113. The second-order valence-electron chi connectivity index (χ2n) is 5.66. The molecule has 18 heavy (non-hydrogen) atoms. The molecule has 0 saturated carbocycles. The zero-order valence-corrected chi connectivity index (χ0v) is 12.5. The van der Waals surface area contributed by atoms with Crippen molar-refractivity contribution in [2.45, 2.75) is 53.6 Å². The first kappa shape index (κ1) is 17.4. The molecule has 1 N–H and O–H groups in total. The Labute approximate surface area is 111 Å². The van der Waals surface area contributed by atoms with Crippen LogP contribution in [0.4, 0.5) is 0 Å². The van der Waals surface area contributed by atoms with E-state index in [4.69, 9.17) is 9.47 Å². The lowest BCUT2D eigenvalue weighted by Gasteiger charge is -2.23. The molecular weight excluding hydrogens is 230 g/mol. The van der Waals surface area contributed by atoms with Crippen LogP contribution in [0.1, 0.15) is 47.5 Å². The van der Waals surface area contributed by atoms with Crippen molar-refractivity contribution in [1.29, 1.82) is 0 Å². The standard InChI is InChI=1S/C14H29NO3/c1-6-8-17-11-14(4,5)10-13(16)15-7-9-18-12(2)3/h12H,6-11H2,1-5H3,(H,15,16). The molecule has 4 nitrogen and oxygen atoms in total. The van der Waals surface area contributed by atoms with Crippen LogP contribution >= 0.6 is 0 Å². The molecule has 0 aromatic heterocycles. The van der Waals surface area contributed by atoms with E-state index in [-0.39, 0.29) is 17.4 Å². The molecule has 0 unspecified atom stereocenters. The highest BCUT2D eigenvalue weighted by Crippen LogP contribution is 2.20. The van der Waals surface area contributed by atoms with E-state index < -0.39 is 0 Å². The van der Waals surface area contributed by atoms with E-state index in [1.807, 2.05) is 27.7 Å². The molecule has 0 aromatic rings. The van der Waals surface area contributed by atoms with Gasteiger partial charge in [0.05, 0.1) is 19.3 Å². The summed E-state index contributed by atoms with van der Waals surface area (Å²) >= 11 is 0. The van der Waals surface area contributed by atoms with Crippen molar-refractivity contribution in [2.24, 2.45) is 5.41 Å². The van der Waals surface area contributed by atoms with Crippen LogP contribution in [0.3, 0.4) is 0 Å². The van der Waals surface area contributed by atoms with Gasteiger partial charge in [-0.2, -0.15) is 0 Å². The molecule has 0 aliphatic heterocycles. The quantitative estimate of drug-likeness (QED) is 0.613. The predicted molar refractivity (Wildman–Crippen MR) is 73.6 cm³/mol. The number of rotatable bonds is 10. The summed E-state index contributed by atoms with van der Waals surface area (Å²) in [5.41, 5.74) is -0.113. The van der Waals surface area contributed by atoms with Crippen molar-refractivity contribution in [3.8, 4) is 0 Å². The normalized spacial score (nSPS) is 11.9. The van der Waals surface area contributed by atoms with Crippen LogP contribution in [0, 0.1) is 5.41 Å². The van der Waals surface area contributed by atoms with Gasteiger partial charge in [0.25, 0.3) is 0 Å². The number of hydrogen-bond acceptors (Lipinski definition) is 3. The van der Waals surface area contributed by atoms with Crippen molar-refractivity contribution in [1.82, 2.24) is 5.32 Å². The van der Waals surface area contributed by atoms with Crippen molar-refractivity contribution >= 4 is 5.91 Å². The third-order valence-corrected chi connectivity index (χ3v) is 2.36. The van der Waals surface area contributed by atoms with Crippen LogP contribution in [0.2, 0.25) is 0 Å². The van der Waals surface area contributed by atoms with Crippen molar-refractivity contribution < 1.29 is 14.3 Å². The molecule has 0 saturated heterocycles. The first-order valence-corrected chi connectivity index (χ1v) is 6.83. The van der Waals surface area contributed by atoms with Crippen molar-refractivity contribution in [3.63, 3.8) is 0 Å². The van der Waals surface area contributed by atoms with Gasteiger partial charge in [0, 0.05) is 19.6 Å². The van der Waals surface area contributed by atoms with E-state index in [1.54, 1.807) is 0 Å². The fraction of sp³-hybridized carbons (Fsp3) is 0.929. The number of ether oxygens (including phenoxy) is 2. The second-order valence-corrected chi connectivity index (χ2v) is 5.66. The lowest BCUT2D eigenvalue weighted by atomic mass is 9.90. The van der Waals surface area contributed by atoms with Gasteiger partial charge < -0.3 is 14.8 Å². The highest BCUT2D eigenvalue weighted by atomic mass is 16.5. The number of amides is 1. The maximum Gasteiger partial charge on any atom is 0.220 e. The van der Waals surface area contributed by atoms with Gasteiger partial charge in [0.15, 0.2) is 0 Å². The van der Waals surface area contributed by atoms with Gasteiger partial charge in [-0.25, -0.2) is 0 Å². The fourth-order valence-electron chi connectivity index (χ4n) is 1.53. The number of carbonyl (C=O) groups is 1. The molecule has 0 aliphatic rings. The Morgan fingerprint density at radius 3 is 2.50 bits per heavy atom. The van der Waals surface area contributed by atoms with E-state index >= 15 is 0 Å². The molecule has 0 radical (unpaired) electrons. The Hall–Kier alpha value is -0.610. The largest absolute Gasteiger partial charge is 0.381 e. The molecule has 0 aliphatic carbocycles. The molecule has 1 amide bonds. The number of hydrogen-bond donors (Lipinski definition) is 1. The van der Waals surface area contributed by atoms with Gasteiger partial charge in [-0.05, 0) is 25.7 Å². The first-order chi connectivity index (χ1) is 8.37. The van der Waals surface area contributed by atoms with Gasteiger partial charge in [-0.15, -0.1) is 0 Å². The third-order valence-electron chi connectivity index (χ3n) is 2.36. The van der Waals surface area contributed by atoms with Gasteiger partial charge in [0.2, 0.25) is 5.91 Å². The molecule has 0 bridgehead atoms. The minimum absolute atomic E-state index is 0.0625.